The minimum atomic E-state index is -4.57. The standard InChI is InChI=1S/C23H45O10P/c1-3-5-7-8-9-10-11-13-15-23(27)33-21(18-30-22(26)14-12-6-4-2)19-32-34(28,29)31-17-20(25)16-24/h20-21,24-25H,3-19H2,1-2H3,(H,28,29)/t20-,21+/m0/s1. The molecule has 0 spiro atoms. The van der Waals surface area contributed by atoms with Crippen LogP contribution in [0.4, 0.5) is 0 Å². The molecule has 0 aromatic carbocycles. The van der Waals surface area contributed by atoms with Crippen LogP contribution >= 0.6 is 7.82 Å². The van der Waals surface area contributed by atoms with Crippen LogP contribution in [0.25, 0.3) is 0 Å². The Labute approximate surface area is 203 Å². The zero-order chi connectivity index (χ0) is 25.7. The minimum Gasteiger partial charge on any atom is -0.462 e. The van der Waals surface area contributed by atoms with Gasteiger partial charge in [0.15, 0.2) is 6.10 Å². The van der Waals surface area contributed by atoms with Crippen molar-refractivity contribution in [2.45, 2.75) is 110 Å². The van der Waals surface area contributed by atoms with Crippen molar-refractivity contribution in [3.63, 3.8) is 0 Å². The van der Waals surface area contributed by atoms with E-state index in [2.05, 4.69) is 11.4 Å². The Balaban J connectivity index is 4.52. The third kappa shape index (κ3) is 20.4. The first-order valence-electron chi connectivity index (χ1n) is 12.5. The summed E-state index contributed by atoms with van der Waals surface area (Å²) in [6.07, 6.45) is 9.14. The lowest BCUT2D eigenvalue weighted by atomic mass is 10.1. The Hall–Kier alpha value is -1.03. The van der Waals surface area contributed by atoms with Gasteiger partial charge < -0.3 is 24.6 Å². The van der Waals surface area contributed by atoms with E-state index in [1.807, 2.05) is 6.92 Å². The molecule has 0 fully saturated rings. The monoisotopic (exact) mass is 512 g/mol. The van der Waals surface area contributed by atoms with E-state index in [-0.39, 0.29) is 19.4 Å². The maximum absolute atomic E-state index is 12.2. The van der Waals surface area contributed by atoms with Gasteiger partial charge in [-0.05, 0) is 12.8 Å². The highest BCUT2D eigenvalue weighted by molar-refractivity contribution is 7.47. The molecule has 11 heteroatoms. The molecule has 0 aliphatic heterocycles. The molecule has 0 aromatic heterocycles. The molecular formula is C23H45O10P. The van der Waals surface area contributed by atoms with Crippen LogP contribution in [0.2, 0.25) is 0 Å². The topological polar surface area (TPSA) is 149 Å². The van der Waals surface area contributed by atoms with Gasteiger partial charge in [0.05, 0.1) is 19.8 Å². The third-order valence-electron chi connectivity index (χ3n) is 5.01. The molecule has 0 saturated carbocycles. The van der Waals surface area contributed by atoms with E-state index in [9.17, 15) is 24.2 Å². The second-order valence-electron chi connectivity index (χ2n) is 8.37. The quantitative estimate of drug-likeness (QED) is 0.104. The molecule has 0 amide bonds. The van der Waals surface area contributed by atoms with Gasteiger partial charge in [0.2, 0.25) is 0 Å². The fourth-order valence-corrected chi connectivity index (χ4v) is 3.78. The average molecular weight is 513 g/mol. The molecule has 10 nitrogen and oxygen atoms in total. The van der Waals surface area contributed by atoms with Gasteiger partial charge in [0, 0.05) is 12.8 Å². The van der Waals surface area contributed by atoms with Gasteiger partial charge in [0.25, 0.3) is 0 Å². The molecule has 1 unspecified atom stereocenters. The van der Waals surface area contributed by atoms with Crippen molar-refractivity contribution in [2.75, 3.05) is 26.4 Å². The summed E-state index contributed by atoms with van der Waals surface area (Å²) in [6.45, 7) is 2.08. The first-order valence-corrected chi connectivity index (χ1v) is 14.0. The number of hydrogen-bond acceptors (Lipinski definition) is 9. The first kappa shape index (κ1) is 33.0. The van der Waals surface area contributed by atoms with Crippen molar-refractivity contribution >= 4 is 19.8 Å². The Bertz CT molecular complexity index is 572. The number of carbonyl (C=O) groups excluding carboxylic acids is 2. The second-order valence-corrected chi connectivity index (χ2v) is 9.83. The van der Waals surface area contributed by atoms with Crippen molar-refractivity contribution in [1.29, 1.82) is 0 Å². The van der Waals surface area contributed by atoms with Crippen LogP contribution < -0.4 is 0 Å². The maximum Gasteiger partial charge on any atom is 0.472 e. The van der Waals surface area contributed by atoms with Crippen LogP contribution in [0.3, 0.4) is 0 Å². The number of rotatable bonds is 23. The Morgan fingerprint density at radius 1 is 0.765 bits per heavy atom. The number of phosphoric ester groups is 1. The summed E-state index contributed by atoms with van der Waals surface area (Å²) in [5.74, 6) is -0.960. The molecule has 3 atom stereocenters. The van der Waals surface area contributed by atoms with Crippen molar-refractivity contribution in [3.05, 3.63) is 0 Å². The van der Waals surface area contributed by atoms with E-state index in [4.69, 9.17) is 19.1 Å². The van der Waals surface area contributed by atoms with Gasteiger partial charge in [0.1, 0.15) is 12.7 Å². The molecular weight excluding hydrogens is 467 g/mol. The summed E-state index contributed by atoms with van der Waals surface area (Å²) in [5.41, 5.74) is 0. The van der Waals surface area contributed by atoms with Crippen LogP contribution in [-0.2, 0) is 32.7 Å². The highest BCUT2D eigenvalue weighted by atomic mass is 31.2. The van der Waals surface area contributed by atoms with Crippen LogP contribution in [0.1, 0.15) is 97.3 Å². The number of esters is 2. The Kier molecular flexibility index (Phi) is 20.6. The van der Waals surface area contributed by atoms with Crippen LogP contribution in [0.15, 0.2) is 0 Å². The summed E-state index contributed by atoms with van der Waals surface area (Å²) in [6, 6.07) is 0. The number of aliphatic hydroxyl groups is 2. The van der Waals surface area contributed by atoms with Gasteiger partial charge >= 0.3 is 19.8 Å². The van der Waals surface area contributed by atoms with Gasteiger partial charge in [-0.25, -0.2) is 4.57 Å². The van der Waals surface area contributed by atoms with E-state index in [1.54, 1.807) is 0 Å². The largest absolute Gasteiger partial charge is 0.472 e. The number of carbonyl (C=O) groups is 2. The third-order valence-corrected chi connectivity index (χ3v) is 5.96. The number of ether oxygens (including phenoxy) is 2. The average Bonchev–Trinajstić information content (AvgIpc) is 2.81. The highest BCUT2D eigenvalue weighted by Crippen LogP contribution is 2.43. The van der Waals surface area contributed by atoms with Crippen LogP contribution in [0, 0.1) is 0 Å². The maximum atomic E-state index is 12.2. The second kappa shape index (κ2) is 21.3. The van der Waals surface area contributed by atoms with E-state index in [0.29, 0.717) is 12.8 Å². The minimum absolute atomic E-state index is 0.186. The number of hydrogen-bond donors (Lipinski definition) is 3. The molecule has 0 aliphatic rings. The Morgan fingerprint density at radius 2 is 1.26 bits per heavy atom. The Morgan fingerprint density at radius 3 is 1.88 bits per heavy atom. The molecule has 0 radical (unpaired) electrons. The van der Waals surface area contributed by atoms with E-state index < -0.39 is 51.8 Å². The molecule has 34 heavy (non-hydrogen) atoms. The van der Waals surface area contributed by atoms with Gasteiger partial charge in [-0.1, -0.05) is 71.6 Å². The molecule has 202 valence electrons. The van der Waals surface area contributed by atoms with E-state index in [0.717, 1.165) is 32.1 Å². The number of unbranched alkanes of at least 4 members (excludes halogenated alkanes) is 9. The summed E-state index contributed by atoms with van der Waals surface area (Å²) >= 11 is 0. The lowest BCUT2D eigenvalue weighted by Gasteiger charge is -2.20. The normalized spacial score (nSPS) is 14.9. The van der Waals surface area contributed by atoms with E-state index in [1.165, 1.54) is 25.7 Å². The SMILES string of the molecule is CCCCCCCCCCC(=O)O[C@H](COC(=O)CCCCC)COP(=O)(O)OC[C@@H](O)CO. The number of phosphoric acid groups is 1. The molecule has 0 aromatic rings. The zero-order valence-electron chi connectivity index (χ0n) is 20.8. The molecule has 0 bridgehead atoms. The molecule has 0 saturated heterocycles. The fourth-order valence-electron chi connectivity index (χ4n) is 2.99. The summed E-state index contributed by atoms with van der Waals surface area (Å²) in [4.78, 5) is 33.8. The van der Waals surface area contributed by atoms with Crippen LogP contribution in [0.5, 0.6) is 0 Å². The molecule has 0 heterocycles. The predicted molar refractivity (Wildman–Crippen MR) is 127 cm³/mol. The smallest absolute Gasteiger partial charge is 0.462 e. The summed E-state index contributed by atoms with van der Waals surface area (Å²) in [7, 11) is -4.57. The van der Waals surface area contributed by atoms with Crippen LogP contribution in [-0.4, -0.2) is 65.7 Å². The van der Waals surface area contributed by atoms with Gasteiger partial charge in [-0.3, -0.25) is 18.6 Å². The first-order chi connectivity index (χ1) is 16.2. The van der Waals surface area contributed by atoms with Gasteiger partial charge in [-0.15, -0.1) is 0 Å². The van der Waals surface area contributed by atoms with Crippen molar-refractivity contribution in [1.82, 2.24) is 0 Å². The number of aliphatic hydroxyl groups excluding tert-OH is 2. The predicted octanol–water partition coefficient (Wildman–Crippen LogP) is 4.04. The summed E-state index contributed by atoms with van der Waals surface area (Å²) < 4.78 is 31.8. The van der Waals surface area contributed by atoms with E-state index >= 15 is 0 Å². The molecule has 0 aliphatic carbocycles. The molecule has 0 rings (SSSR count). The summed E-state index contributed by atoms with van der Waals surface area (Å²) in [5, 5.41) is 18.0. The zero-order valence-corrected chi connectivity index (χ0v) is 21.7. The van der Waals surface area contributed by atoms with Gasteiger partial charge in [-0.2, -0.15) is 0 Å². The highest BCUT2D eigenvalue weighted by Gasteiger charge is 2.27. The fraction of sp³-hybridized carbons (Fsp3) is 0.913. The van der Waals surface area contributed by atoms with Crippen molar-refractivity contribution in [3.8, 4) is 0 Å². The molecule has 3 N–H and O–H groups in total. The van der Waals surface area contributed by atoms with Crippen molar-refractivity contribution < 1.29 is 47.8 Å². The lowest BCUT2D eigenvalue weighted by Crippen LogP contribution is -2.29. The van der Waals surface area contributed by atoms with Crippen molar-refractivity contribution in [2.24, 2.45) is 0 Å². The lowest BCUT2D eigenvalue weighted by molar-refractivity contribution is -0.161.